The maximum atomic E-state index is 12.8. The Kier molecular flexibility index (Phi) is 7.27. The third-order valence-electron chi connectivity index (χ3n) is 4.32. The molecule has 0 aliphatic rings. The molecule has 5 nitrogen and oxygen atoms in total. The molecule has 2 aromatic carbocycles. The number of ketones is 1. The molecule has 0 aromatic heterocycles. The molecule has 0 aliphatic heterocycles. The van der Waals surface area contributed by atoms with E-state index in [0.29, 0.717) is 23.4 Å². The van der Waals surface area contributed by atoms with Crippen LogP contribution in [-0.4, -0.2) is 28.5 Å². The molecule has 0 fully saturated rings. The van der Waals surface area contributed by atoms with Gasteiger partial charge in [0.25, 0.3) is 0 Å². The number of nitrogens with zero attached hydrogens (tertiary/aromatic N) is 1. The number of Topliss-reactive ketones (excluding diaryl/α,β-unsaturated/α-hetero) is 1. The molecule has 0 spiro atoms. The van der Waals surface area contributed by atoms with E-state index in [9.17, 15) is 14.4 Å². The molecule has 5 heteroatoms. The molecule has 146 valence electrons. The minimum atomic E-state index is -0.384. The Balaban J connectivity index is 2.07. The molecule has 0 saturated carbocycles. The Hall–Kier alpha value is -3.21. The van der Waals surface area contributed by atoms with Crippen LogP contribution in [0.15, 0.2) is 66.2 Å². The van der Waals surface area contributed by atoms with Gasteiger partial charge >= 0.3 is 0 Å². The van der Waals surface area contributed by atoms with Crippen molar-refractivity contribution in [3.63, 3.8) is 0 Å². The average molecular weight is 378 g/mol. The first-order chi connectivity index (χ1) is 13.3. The van der Waals surface area contributed by atoms with Gasteiger partial charge in [-0.3, -0.25) is 14.4 Å². The van der Waals surface area contributed by atoms with Crippen LogP contribution >= 0.6 is 0 Å². The van der Waals surface area contributed by atoms with Crippen LogP contribution in [0, 0.1) is 0 Å². The highest BCUT2D eigenvalue weighted by Crippen LogP contribution is 2.14. The number of carbonyl (C=O) groups excluding carboxylic acids is 3. The Bertz CT molecular complexity index is 868. The van der Waals surface area contributed by atoms with Crippen molar-refractivity contribution in [3.05, 3.63) is 77.4 Å². The number of hydrogen-bond acceptors (Lipinski definition) is 3. The van der Waals surface area contributed by atoms with Crippen LogP contribution in [-0.2, 0) is 16.1 Å². The van der Waals surface area contributed by atoms with Crippen molar-refractivity contribution in [1.82, 2.24) is 4.90 Å². The molecule has 0 radical (unpaired) electrons. The lowest BCUT2D eigenvalue weighted by Crippen LogP contribution is -2.37. The van der Waals surface area contributed by atoms with E-state index in [2.05, 4.69) is 5.32 Å². The molecule has 0 unspecified atom stereocenters. The fraction of sp³-hybridized carbons (Fsp3) is 0.261. The predicted molar refractivity (Wildman–Crippen MR) is 111 cm³/mol. The topological polar surface area (TPSA) is 66.5 Å². The first-order valence-electron chi connectivity index (χ1n) is 9.23. The lowest BCUT2D eigenvalue weighted by molar-refractivity contribution is -0.129. The van der Waals surface area contributed by atoms with E-state index >= 15 is 0 Å². The second-order valence-electron chi connectivity index (χ2n) is 6.96. The summed E-state index contributed by atoms with van der Waals surface area (Å²) in [5.74, 6) is -0.600. The summed E-state index contributed by atoms with van der Waals surface area (Å²) in [5, 5.41) is 2.71. The standard InChI is InChI=1S/C23H26N2O3/c1-16(2)25(15-19-8-6-5-7-9-19)23(28)17(3)14-22(27)24-21-12-10-20(11-13-21)18(4)26/h5-14,16H,15H2,1-4H3,(H,24,27)/b17-14+. The van der Waals surface area contributed by atoms with Gasteiger partial charge in [0.15, 0.2) is 5.78 Å². The Morgan fingerprint density at radius 1 is 0.964 bits per heavy atom. The van der Waals surface area contributed by atoms with Gasteiger partial charge in [-0.1, -0.05) is 30.3 Å². The molecule has 0 atom stereocenters. The molecule has 0 aliphatic carbocycles. The third kappa shape index (κ3) is 5.91. The summed E-state index contributed by atoms with van der Waals surface area (Å²) in [6, 6.07) is 16.4. The molecule has 1 N–H and O–H groups in total. The van der Waals surface area contributed by atoms with Gasteiger partial charge in [-0.25, -0.2) is 0 Å². The average Bonchev–Trinajstić information content (AvgIpc) is 2.66. The number of carbonyl (C=O) groups is 3. The fourth-order valence-corrected chi connectivity index (χ4v) is 2.72. The SMILES string of the molecule is CC(=O)c1ccc(NC(=O)/C=C(\C)C(=O)N(Cc2ccccc2)C(C)C)cc1. The smallest absolute Gasteiger partial charge is 0.250 e. The molecule has 2 aromatic rings. The Morgan fingerprint density at radius 3 is 2.11 bits per heavy atom. The van der Waals surface area contributed by atoms with Gasteiger partial charge in [0.05, 0.1) is 0 Å². The van der Waals surface area contributed by atoms with Gasteiger partial charge in [0.2, 0.25) is 11.8 Å². The van der Waals surface area contributed by atoms with E-state index in [1.807, 2.05) is 44.2 Å². The molecule has 28 heavy (non-hydrogen) atoms. The molecule has 0 saturated heterocycles. The normalized spacial score (nSPS) is 11.2. The van der Waals surface area contributed by atoms with E-state index in [0.717, 1.165) is 5.56 Å². The van der Waals surface area contributed by atoms with Gasteiger partial charge in [-0.2, -0.15) is 0 Å². The zero-order chi connectivity index (χ0) is 20.7. The van der Waals surface area contributed by atoms with Crippen LogP contribution in [0.25, 0.3) is 0 Å². The first kappa shape index (κ1) is 21.1. The Morgan fingerprint density at radius 2 is 1.57 bits per heavy atom. The molecular weight excluding hydrogens is 352 g/mol. The molecule has 2 amide bonds. The first-order valence-corrected chi connectivity index (χ1v) is 9.23. The van der Waals surface area contributed by atoms with Crippen molar-refractivity contribution in [2.24, 2.45) is 0 Å². The summed E-state index contributed by atoms with van der Waals surface area (Å²) in [6.45, 7) is 7.51. The number of anilines is 1. The zero-order valence-corrected chi connectivity index (χ0v) is 16.7. The summed E-state index contributed by atoms with van der Waals surface area (Å²) in [6.07, 6.45) is 1.31. The third-order valence-corrected chi connectivity index (χ3v) is 4.32. The van der Waals surface area contributed by atoms with Crippen molar-refractivity contribution < 1.29 is 14.4 Å². The maximum absolute atomic E-state index is 12.8. The number of amides is 2. The monoisotopic (exact) mass is 378 g/mol. The summed E-state index contributed by atoms with van der Waals surface area (Å²) in [5.41, 5.74) is 2.54. The van der Waals surface area contributed by atoms with E-state index < -0.39 is 0 Å². The fourth-order valence-electron chi connectivity index (χ4n) is 2.72. The largest absolute Gasteiger partial charge is 0.332 e. The van der Waals surface area contributed by atoms with E-state index in [4.69, 9.17) is 0 Å². The second kappa shape index (κ2) is 9.65. The van der Waals surface area contributed by atoms with Gasteiger partial charge in [0, 0.05) is 35.5 Å². The lowest BCUT2D eigenvalue weighted by atomic mass is 10.1. The minimum Gasteiger partial charge on any atom is -0.332 e. The molecular formula is C23H26N2O3. The van der Waals surface area contributed by atoms with Crippen LogP contribution in [0.1, 0.15) is 43.6 Å². The molecule has 0 bridgehead atoms. The highest BCUT2D eigenvalue weighted by Gasteiger charge is 2.19. The minimum absolute atomic E-state index is 0.00163. The van der Waals surface area contributed by atoms with Gasteiger partial charge in [-0.05, 0) is 57.5 Å². The number of benzene rings is 2. The quantitative estimate of drug-likeness (QED) is 0.580. The van der Waals surface area contributed by atoms with E-state index in [1.54, 1.807) is 36.1 Å². The highest BCUT2D eigenvalue weighted by molar-refractivity contribution is 6.06. The van der Waals surface area contributed by atoms with Crippen LogP contribution in [0.3, 0.4) is 0 Å². The van der Waals surface area contributed by atoms with Crippen LogP contribution in [0.5, 0.6) is 0 Å². The molecule has 2 rings (SSSR count). The van der Waals surface area contributed by atoms with E-state index in [1.165, 1.54) is 13.0 Å². The second-order valence-corrected chi connectivity index (χ2v) is 6.96. The Labute approximate surface area is 166 Å². The number of hydrogen-bond donors (Lipinski definition) is 1. The summed E-state index contributed by atoms with van der Waals surface area (Å²) in [4.78, 5) is 38.2. The summed E-state index contributed by atoms with van der Waals surface area (Å²) in [7, 11) is 0. The number of rotatable bonds is 7. The van der Waals surface area contributed by atoms with Crippen LogP contribution in [0.4, 0.5) is 5.69 Å². The maximum Gasteiger partial charge on any atom is 0.250 e. The van der Waals surface area contributed by atoms with Crippen LogP contribution in [0.2, 0.25) is 0 Å². The van der Waals surface area contributed by atoms with Crippen molar-refractivity contribution in [2.45, 2.75) is 40.3 Å². The summed E-state index contributed by atoms with van der Waals surface area (Å²) < 4.78 is 0. The predicted octanol–water partition coefficient (Wildman–Crippen LogP) is 4.21. The van der Waals surface area contributed by atoms with Gasteiger partial charge in [-0.15, -0.1) is 0 Å². The van der Waals surface area contributed by atoms with Crippen molar-refractivity contribution in [1.29, 1.82) is 0 Å². The van der Waals surface area contributed by atoms with Crippen LogP contribution < -0.4 is 5.32 Å². The van der Waals surface area contributed by atoms with Crippen molar-refractivity contribution in [2.75, 3.05) is 5.32 Å². The van der Waals surface area contributed by atoms with Gasteiger partial charge in [0.1, 0.15) is 0 Å². The van der Waals surface area contributed by atoms with E-state index in [-0.39, 0.29) is 23.6 Å². The van der Waals surface area contributed by atoms with Gasteiger partial charge < -0.3 is 10.2 Å². The number of nitrogens with one attached hydrogen (secondary N) is 1. The van der Waals surface area contributed by atoms with Crippen molar-refractivity contribution in [3.8, 4) is 0 Å². The molecule has 0 heterocycles. The highest BCUT2D eigenvalue weighted by atomic mass is 16.2. The lowest BCUT2D eigenvalue weighted by Gasteiger charge is -2.27. The zero-order valence-electron chi connectivity index (χ0n) is 16.7. The summed E-state index contributed by atoms with van der Waals surface area (Å²) >= 11 is 0. The van der Waals surface area contributed by atoms with Crippen molar-refractivity contribution >= 4 is 23.3 Å².